The van der Waals surface area contributed by atoms with Gasteiger partial charge >= 0.3 is 11.9 Å². The predicted octanol–water partition coefficient (Wildman–Crippen LogP) is 2.24. The Morgan fingerprint density at radius 2 is 1.97 bits per heavy atom. The van der Waals surface area contributed by atoms with Crippen LogP contribution in [-0.2, 0) is 16.1 Å². The van der Waals surface area contributed by atoms with Gasteiger partial charge in [0.2, 0.25) is 0 Å². The van der Waals surface area contributed by atoms with Gasteiger partial charge in [0.25, 0.3) is 5.91 Å². The first-order valence-corrected chi connectivity index (χ1v) is 9.33. The Balaban J connectivity index is 1.49. The molecule has 1 aromatic carbocycles. The van der Waals surface area contributed by atoms with Crippen LogP contribution in [0, 0.1) is 6.92 Å². The summed E-state index contributed by atoms with van der Waals surface area (Å²) in [5.41, 5.74) is 5.20. The van der Waals surface area contributed by atoms with Crippen LogP contribution in [0.15, 0.2) is 52.5 Å². The summed E-state index contributed by atoms with van der Waals surface area (Å²) in [5.74, 6) is -1.73. The van der Waals surface area contributed by atoms with Crippen molar-refractivity contribution in [1.29, 1.82) is 0 Å². The molecule has 0 saturated heterocycles. The van der Waals surface area contributed by atoms with E-state index >= 15 is 0 Å². The molecule has 29 heavy (non-hydrogen) atoms. The topological polar surface area (TPSA) is 120 Å². The third kappa shape index (κ3) is 5.66. The Kier molecular flexibility index (Phi) is 6.59. The predicted molar refractivity (Wildman–Crippen MR) is 102 cm³/mol. The highest BCUT2D eigenvalue weighted by atomic mass is 32.1. The van der Waals surface area contributed by atoms with Gasteiger partial charge in [0, 0.05) is 5.38 Å². The van der Waals surface area contributed by atoms with Crippen LogP contribution in [0.2, 0.25) is 0 Å². The van der Waals surface area contributed by atoms with E-state index in [9.17, 15) is 14.4 Å². The zero-order valence-electron chi connectivity index (χ0n) is 15.3. The third-order valence-electron chi connectivity index (χ3n) is 3.54. The summed E-state index contributed by atoms with van der Waals surface area (Å²) in [4.78, 5) is 40.0. The smallest absolute Gasteiger partial charge is 0.342 e. The van der Waals surface area contributed by atoms with Crippen molar-refractivity contribution in [3.05, 3.63) is 70.1 Å². The molecule has 0 aliphatic carbocycles. The van der Waals surface area contributed by atoms with Crippen LogP contribution in [-0.4, -0.2) is 29.4 Å². The van der Waals surface area contributed by atoms with Crippen LogP contribution in [0.1, 0.15) is 31.6 Å². The Morgan fingerprint density at radius 1 is 1.14 bits per heavy atom. The molecular weight excluding hydrogens is 398 g/mol. The normalized spacial score (nSPS) is 10.2. The zero-order chi connectivity index (χ0) is 20.6. The van der Waals surface area contributed by atoms with E-state index in [1.165, 1.54) is 35.8 Å². The number of hydrogen-bond donors (Lipinski definition) is 2. The second-order valence-corrected chi connectivity index (χ2v) is 6.76. The van der Waals surface area contributed by atoms with Crippen LogP contribution in [0.5, 0.6) is 5.75 Å². The molecule has 3 rings (SSSR count). The van der Waals surface area contributed by atoms with Crippen LogP contribution in [0.3, 0.4) is 0 Å². The highest BCUT2D eigenvalue weighted by Crippen LogP contribution is 2.20. The van der Waals surface area contributed by atoms with Crippen molar-refractivity contribution in [3.63, 3.8) is 0 Å². The fraction of sp³-hybridized carbons (Fsp3) is 0.158. The number of rotatable bonds is 7. The van der Waals surface area contributed by atoms with Crippen LogP contribution < -0.4 is 15.6 Å². The second-order valence-electron chi connectivity index (χ2n) is 5.70. The number of nitrogens with zero attached hydrogens (tertiary/aromatic N) is 1. The van der Waals surface area contributed by atoms with Gasteiger partial charge in [-0.15, -0.1) is 11.3 Å². The van der Waals surface area contributed by atoms with Crippen LogP contribution in [0.25, 0.3) is 0 Å². The number of thiazole rings is 1. The number of esters is 1. The lowest BCUT2D eigenvalue weighted by Gasteiger charge is -2.11. The third-order valence-corrected chi connectivity index (χ3v) is 4.37. The minimum Gasteiger partial charge on any atom is -0.486 e. The second kappa shape index (κ2) is 9.51. The largest absolute Gasteiger partial charge is 0.486 e. The van der Waals surface area contributed by atoms with E-state index in [4.69, 9.17) is 13.9 Å². The van der Waals surface area contributed by atoms with Crippen molar-refractivity contribution in [1.82, 2.24) is 15.8 Å². The number of aryl methyl sites for hydroxylation is 1. The molecule has 0 fully saturated rings. The monoisotopic (exact) mass is 415 g/mol. The fourth-order valence-electron chi connectivity index (χ4n) is 2.23. The van der Waals surface area contributed by atoms with Gasteiger partial charge in [-0.3, -0.25) is 20.4 Å². The average molecular weight is 415 g/mol. The molecule has 9 nitrogen and oxygen atoms in total. The molecule has 2 heterocycles. The van der Waals surface area contributed by atoms with Crippen molar-refractivity contribution in [2.45, 2.75) is 13.5 Å². The first-order valence-electron chi connectivity index (χ1n) is 8.45. The number of furan rings is 1. The summed E-state index contributed by atoms with van der Waals surface area (Å²) in [5, 5.41) is 2.79. The lowest BCUT2D eigenvalue weighted by Crippen LogP contribution is -2.43. The molecule has 0 bridgehead atoms. The highest BCUT2D eigenvalue weighted by molar-refractivity contribution is 7.09. The van der Waals surface area contributed by atoms with Crippen molar-refractivity contribution in [2.75, 3.05) is 6.61 Å². The number of carbonyl (C=O) groups is 3. The maximum atomic E-state index is 12.3. The first kappa shape index (κ1) is 20.1. The Morgan fingerprint density at radius 3 is 2.69 bits per heavy atom. The molecule has 10 heteroatoms. The molecule has 0 radical (unpaired) electrons. The van der Waals surface area contributed by atoms with E-state index < -0.39 is 24.4 Å². The van der Waals surface area contributed by atoms with E-state index in [0.29, 0.717) is 5.75 Å². The van der Waals surface area contributed by atoms with Crippen molar-refractivity contribution >= 4 is 29.1 Å². The highest BCUT2D eigenvalue weighted by Gasteiger charge is 2.16. The zero-order valence-corrected chi connectivity index (χ0v) is 16.2. The average Bonchev–Trinajstić information content (AvgIpc) is 3.41. The van der Waals surface area contributed by atoms with Crippen molar-refractivity contribution in [2.24, 2.45) is 0 Å². The minimum absolute atomic E-state index is 0.0312. The van der Waals surface area contributed by atoms with Gasteiger partial charge in [0.15, 0.2) is 12.4 Å². The molecule has 0 spiro atoms. The molecule has 0 atom stereocenters. The van der Waals surface area contributed by atoms with Gasteiger partial charge in [-0.2, -0.15) is 0 Å². The van der Waals surface area contributed by atoms with Crippen LogP contribution in [0.4, 0.5) is 0 Å². The number of hydrazine groups is 1. The van der Waals surface area contributed by atoms with Gasteiger partial charge in [-0.25, -0.2) is 9.78 Å². The molecule has 0 saturated carbocycles. The number of carbonyl (C=O) groups excluding carboxylic acids is 3. The molecule has 150 valence electrons. The molecule has 2 amide bonds. The van der Waals surface area contributed by atoms with E-state index in [0.717, 1.165) is 10.7 Å². The van der Waals surface area contributed by atoms with Crippen molar-refractivity contribution in [3.8, 4) is 5.75 Å². The summed E-state index contributed by atoms with van der Waals surface area (Å²) < 4.78 is 15.5. The van der Waals surface area contributed by atoms with E-state index in [-0.39, 0.29) is 17.9 Å². The van der Waals surface area contributed by atoms with Gasteiger partial charge in [0.05, 0.1) is 17.0 Å². The Bertz CT molecular complexity index is 999. The van der Waals surface area contributed by atoms with E-state index in [2.05, 4.69) is 15.8 Å². The molecule has 3 aromatic rings. The number of ether oxygens (including phenoxy) is 2. The molecular formula is C19H17N3O6S. The maximum absolute atomic E-state index is 12.3. The molecule has 0 unspecified atom stereocenters. The van der Waals surface area contributed by atoms with Gasteiger partial charge in [-0.05, 0) is 31.2 Å². The number of nitrogens with one attached hydrogen (secondary N) is 2. The number of benzene rings is 1. The fourth-order valence-corrected chi connectivity index (χ4v) is 2.83. The summed E-state index contributed by atoms with van der Waals surface area (Å²) in [6.07, 6.45) is 1.33. The SMILES string of the molecule is Cc1nc(COc2ccccc2C(=O)OCC(=O)NNC(=O)c2ccco2)cs1. The standard InChI is InChI=1S/C19H17N3O6S/c1-12-20-13(11-29-12)9-27-15-6-3-2-5-14(15)19(25)28-10-17(23)21-22-18(24)16-7-4-8-26-16/h2-8,11H,9-10H2,1H3,(H,21,23)(H,22,24). The summed E-state index contributed by atoms with van der Waals surface area (Å²) >= 11 is 1.50. The summed E-state index contributed by atoms with van der Waals surface area (Å²) in [6, 6.07) is 9.49. The molecule has 0 aliphatic rings. The van der Waals surface area contributed by atoms with Gasteiger partial charge in [-0.1, -0.05) is 12.1 Å². The Labute approximate surface area is 169 Å². The Hall–Kier alpha value is -3.66. The van der Waals surface area contributed by atoms with Crippen LogP contribution >= 0.6 is 11.3 Å². The summed E-state index contributed by atoms with van der Waals surface area (Å²) in [6.45, 7) is 1.51. The first-order chi connectivity index (χ1) is 14.0. The molecule has 0 aliphatic heterocycles. The van der Waals surface area contributed by atoms with Gasteiger partial charge in [0.1, 0.15) is 17.9 Å². The van der Waals surface area contributed by atoms with E-state index in [1.807, 2.05) is 12.3 Å². The van der Waals surface area contributed by atoms with Crippen molar-refractivity contribution < 1.29 is 28.3 Å². The lowest BCUT2D eigenvalue weighted by atomic mass is 10.2. The van der Waals surface area contributed by atoms with Gasteiger partial charge < -0.3 is 13.9 Å². The molecule has 2 aromatic heterocycles. The lowest BCUT2D eigenvalue weighted by molar-refractivity contribution is -0.125. The number of amides is 2. The number of hydrogen-bond acceptors (Lipinski definition) is 8. The molecule has 2 N–H and O–H groups in total. The van der Waals surface area contributed by atoms with E-state index in [1.54, 1.807) is 18.2 Å². The number of para-hydroxylation sites is 1. The quantitative estimate of drug-likeness (QED) is 0.448. The minimum atomic E-state index is -0.734. The number of aromatic nitrogens is 1. The summed E-state index contributed by atoms with van der Waals surface area (Å²) in [7, 11) is 0. The maximum Gasteiger partial charge on any atom is 0.342 e.